The van der Waals surface area contributed by atoms with E-state index in [1.807, 2.05) is 44.2 Å². The van der Waals surface area contributed by atoms with E-state index in [1.165, 1.54) is 0 Å². The maximum atomic E-state index is 12.3. The molecule has 1 aliphatic carbocycles. The van der Waals surface area contributed by atoms with Gasteiger partial charge in [0.1, 0.15) is 5.75 Å². The molecule has 2 aromatic carbocycles. The summed E-state index contributed by atoms with van der Waals surface area (Å²) in [6, 6.07) is 13.2. The fourth-order valence-electron chi connectivity index (χ4n) is 2.67. The molecule has 21 heavy (non-hydrogen) atoms. The molecular weight excluding hydrogens is 262 g/mol. The van der Waals surface area contributed by atoms with Gasteiger partial charge in [0.15, 0.2) is 0 Å². The lowest BCUT2D eigenvalue weighted by atomic mass is 10.1. The molecule has 2 atom stereocenters. The molecule has 0 radical (unpaired) electrons. The van der Waals surface area contributed by atoms with Gasteiger partial charge in [0.05, 0.1) is 0 Å². The fourth-order valence-corrected chi connectivity index (χ4v) is 2.67. The van der Waals surface area contributed by atoms with E-state index in [0.29, 0.717) is 0 Å². The molecule has 1 fully saturated rings. The van der Waals surface area contributed by atoms with Crippen LogP contribution in [-0.4, -0.2) is 11.0 Å². The number of benzene rings is 2. The zero-order valence-electron chi connectivity index (χ0n) is 12.3. The zero-order chi connectivity index (χ0) is 15.0. The third-order valence-electron chi connectivity index (χ3n) is 4.10. The van der Waals surface area contributed by atoms with Gasteiger partial charge in [0.2, 0.25) is 5.91 Å². The van der Waals surface area contributed by atoms with Gasteiger partial charge in [-0.25, -0.2) is 0 Å². The zero-order valence-corrected chi connectivity index (χ0v) is 12.3. The van der Waals surface area contributed by atoms with E-state index in [9.17, 15) is 9.90 Å². The van der Waals surface area contributed by atoms with E-state index < -0.39 is 0 Å². The Kier molecular flexibility index (Phi) is 3.42. The number of amides is 1. The van der Waals surface area contributed by atoms with Gasteiger partial charge in [-0.15, -0.1) is 0 Å². The maximum absolute atomic E-state index is 12.3. The highest BCUT2D eigenvalue weighted by atomic mass is 16.3. The Labute approximate surface area is 124 Å². The molecule has 0 spiro atoms. The van der Waals surface area contributed by atoms with Gasteiger partial charge in [-0.05, 0) is 61.1 Å². The molecule has 108 valence electrons. The summed E-state index contributed by atoms with van der Waals surface area (Å²) in [5.41, 5.74) is 4.24. The van der Waals surface area contributed by atoms with Gasteiger partial charge in [0, 0.05) is 11.6 Å². The minimum Gasteiger partial charge on any atom is -0.508 e. The third kappa shape index (κ3) is 2.92. The first-order valence-electron chi connectivity index (χ1n) is 7.21. The van der Waals surface area contributed by atoms with Crippen LogP contribution in [0.15, 0.2) is 42.5 Å². The van der Waals surface area contributed by atoms with E-state index in [-0.39, 0.29) is 23.5 Å². The number of hydrogen-bond acceptors (Lipinski definition) is 2. The van der Waals surface area contributed by atoms with Gasteiger partial charge in [-0.3, -0.25) is 4.79 Å². The molecule has 1 aliphatic rings. The van der Waals surface area contributed by atoms with Crippen molar-refractivity contribution in [3.8, 4) is 5.75 Å². The first-order valence-corrected chi connectivity index (χ1v) is 7.21. The largest absolute Gasteiger partial charge is 0.508 e. The van der Waals surface area contributed by atoms with Crippen LogP contribution in [0.3, 0.4) is 0 Å². The number of aromatic hydroxyl groups is 1. The second-order valence-electron chi connectivity index (χ2n) is 5.85. The predicted octanol–water partition coefficient (Wildman–Crippen LogP) is 3.75. The van der Waals surface area contributed by atoms with Crippen molar-refractivity contribution >= 4 is 11.6 Å². The number of nitrogens with one attached hydrogen (secondary N) is 1. The first-order chi connectivity index (χ1) is 10.0. The molecule has 2 unspecified atom stereocenters. The highest BCUT2D eigenvalue weighted by molar-refractivity contribution is 5.95. The monoisotopic (exact) mass is 281 g/mol. The van der Waals surface area contributed by atoms with Crippen molar-refractivity contribution in [2.24, 2.45) is 5.92 Å². The number of phenolic OH excluding ortho intramolecular Hbond substituents is 1. The summed E-state index contributed by atoms with van der Waals surface area (Å²) in [6.07, 6.45) is 0.876. The molecule has 1 amide bonds. The minimum atomic E-state index is 0.0365. The number of carbonyl (C=O) groups is 1. The summed E-state index contributed by atoms with van der Waals surface area (Å²) >= 11 is 0. The summed E-state index contributed by atoms with van der Waals surface area (Å²) in [4.78, 5) is 12.3. The second-order valence-corrected chi connectivity index (χ2v) is 5.85. The number of hydrogen-bond donors (Lipinski definition) is 2. The Morgan fingerprint density at radius 1 is 1.14 bits per heavy atom. The lowest BCUT2D eigenvalue weighted by Gasteiger charge is -2.09. The number of aryl methyl sites for hydroxylation is 2. The highest BCUT2D eigenvalue weighted by Crippen LogP contribution is 2.48. The van der Waals surface area contributed by atoms with Crippen LogP contribution in [-0.2, 0) is 4.79 Å². The van der Waals surface area contributed by atoms with E-state index in [1.54, 1.807) is 12.1 Å². The Morgan fingerprint density at radius 2 is 1.86 bits per heavy atom. The first kappa shape index (κ1) is 13.7. The van der Waals surface area contributed by atoms with Crippen molar-refractivity contribution in [3.05, 3.63) is 59.2 Å². The minimum absolute atomic E-state index is 0.0365. The van der Waals surface area contributed by atoms with E-state index in [0.717, 1.165) is 28.8 Å². The van der Waals surface area contributed by atoms with Crippen LogP contribution in [0.2, 0.25) is 0 Å². The Morgan fingerprint density at radius 3 is 2.57 bits per heavy atom. The molecule has 2 N–H and O–H groups in total. The molecule has 3 nitrogen and oxygen atoms in total. The fraction of sp³-hybridized carbons (Fsp3) is 0.278. The van der Waals surface area contributed by atoms with E-state index in [4.69, 9.17) is 0 Å². The van der Waals surface area contributed by atoms with Crippen molar-refractivity contribution < 1.29 is 9.90 Å². The topological polar surface area (TPSA) is 49.3 Å². The quantitative estimate of drug-likeness (QED) is 0.900. The molecule has 0 saturated heterocycles. The lowest BCUT2D eigenvalue weighted by Crippen LogP contribution is -2.15. The van der Waals surface area contributed by atoms with Gasteiger partial charge in [0.25, 0.3) is 0 Å². The van der Waals surface area contributed by atoms with E-state index >= 15 is 0 Å². The molecule has 0 aromatic heterocycles. The highest BCUT2D eigenvalue weighted by Gasteiger charge is 2.43. The molecular formula is C18H19NO2. The summed E-state index contributed by atoms with van der Waals surface area (Å²) in [5.74, 6) is 0.655. The summed E-state index contributed by atoms with van der Waals surface area (Å²) in [7, 11) is 0. The van der Waals surface area contributed by atoms with Crippen LogP contribution in [0.4, 0.5) is 5.69 Å². The molecule has 0 bridgehead atoms. The van der Waals surface area contributed by atoms with Crippen molar-refractivity contribution in [1.82, 2.24) is 0 Å². The Hall–Kier alpha value is -2.29. The van der Waals surface area contributed by atoms with Gasteiger partial charge >= 0.3 is 0 Å². The average Bonchev–Trinajstić information content (AvgIpc) is 3.24. The van der Waals surface area contributed by atoms with Gasteiger partial charge in [-0.2, -0.15) is 0 Å². The van der Waals surface area contributed by atoms with Crippen molar-refractivity contribution in [2.75, 3.05) is 5.32 Å². The van der Waals surface area contributed by atoms with Gasteiger partial charge < -0.3 is 10.4 Å². The van der Waals surface area contributed by atoms with Crippen LogP contribution in [0.1, 0.15) is 29.0 Å². The normalized spacial score (nSPS) is 20.1. The molecule has 3 rings (SSSR count). The van der Waals surface area contributed by atoms with E-state index in [2.05, 4.69) is 5.32 Å². The van der Waals surface area contributed by atoms with Crippen LogP contribution < -0.4 is 5.32 Å². The Balaban J connectivity index is 1.68. The Bertz CT molecular complexity index is 676. The van der Waals surface area contributed by atoms with Crippen LogP contribution in [0.25, 0.3) is 0 Å². The summed E-state index contributed by atoms with van der Waals surface area (Å²) < 4.78 is 0. The summed E-state index contributed by atoms with van der Waals surface area (Å²) in [6.45, 7) is 4.02. The standard InChI is InChI=1S/C18H19NO2/c1-11-3-4-12(2)17(9-11)19-18(21)16-10-15(16)13-5-7-14(20)8-6-13/h3-9,15-16,20H,10H2,1-2H3,(H,19,21). The van der Waals surface area contributed by atoms with Crippen molar-refractivity contribution in [2.45, 2.75) is 26.2 Å². The second kappa shape index (κ2) is 5.24. The number of rotatable bonds is 3. The SMILES string of the molecule is Cc1ccc(C)c(NC(=O)C2CC2c2ccc(O)cc2)c1. The maximum Gasteiger partial charge on any atom is 0.228 e. The number of carbonyl (C=O) groups excluding carboxylic acids is 1. The van der Waals surface area contributed by atoms with Crippen LogP contribution in [0, 0.1) is 19.8 Å². The molecule has 0 heterocycles. The van der Waals surface area contributed by atoms with Crippen LogP contribution in [0.5, 0.6) is 5.75 Å². The molecule has 2 aromatic rings. The molecule has 1 saturated carbocycles. The number of anilines is 1. The van der Waals surface area contributed by atoms with Crippen LogP contribution >= 0.6 is 0 Å². The third-order valence-corrected chi connectivity index (χ3v) is 4.10. The summed E-state index contributed by atoms with van der Waals surface area (Å²) in [5, 5.41) is 12.3. The van der Waals surface area contributed by atoms with Gasteiger partial charge in [-0.1, -0.05) is 24.3 Å². The molecule has 3 heteroatoms. The smallest absolute Gasteiger partial charge is 0.228 e. The lowest BCUT2D eigenvalue weighted by molar-refractivity contribution is -0.117. The molecule has 0 aliphatic heterocycles. The van der Waals surface area contributed by atoms with Crippen molar-refractivity contribution in [1.29, 1.82) is 0 Å². The average molecular weight is 281 g/mol. The number of phenols is 1. The van der Waals surface area contributed by atoms with Crippen molar-refractivity contribution in [3.63, 3.8) is 0 Å². The predicted molar refractivity (Wildman–Crippen MR) is 83.5 cm³/mol.